The molecule has 0 bridgehead atoms. The summed E-state index contributed by atoms with van der Waals surface area (Å²) in [5, 5.41) is 0. The lowest BCUT2D eigenvalue weighted by molar-refractivity contribution is -0.105. The van der Waals surface area contributed by atoms with E-state index in [9.17, 15) is 8.42 Å². The summed E-state index contributed by atoms with van der Waals surface area (Å²) in [6.07, 6.45) is 5.41. The molecular formula is C16H24O6S. The Morgan fingerprint density at radius 1 is 1.09 bits per heavy atom. The van der Waals surface area contributed by atoms with Crippen molar-refractivity contribution >= 4 is 10.1 Å². The molecule has 23 heavy (non-hydrogen) atoms. The molecule has 0 amide bonds. The maximum Gasteiger partial charge on any atom is 0.264 e. The van der Waals surface area contributed by atoms with E-state index in [1.807, 2.05) is 24.3 Å². The Morgan fingerprint density at radius 3 is 2.43 bits per heavy atom. The zero-order chi connectivity index (χ0) is 16.5. The van der Waals surface area contributed by atoms with Gasteiger partial charge in [0.25, 0.3) is 10.1 Å². The molecule has 1 saturated heterocycles. The van der Waals surface area contributed by atoms with Gasteiger partial charge in [0, 0.05) is 6.42 Å². The van der Waals surface area contributed by atoms with Crippen LogP contribution in [0.25, 0.3) is 0 Å². The molecule has 1 aliphatic rings. The fraction of sp³-hybridized carbons (Fsp3) is 0.625. The summed E-state index contributed by atoms with van der Waals surface area (Å²) in [5.41, 5.74) is 0. The van der Waals surface area contributed by atoms with E-state index >= 15 is 0 Å². The van der Waals surface area contributed by atoms with Crippen molar-refractivity contribution in [2.24, 2.45) is 0 Å². The Labute approximate surface area is 137 Å². The van der Waals surface area contributed by atoms with Crippen molar-refractivity contribution in [1.82, 2.24) is 0 Å². The highest BCUT2D eigenvalue weighted by Gasteiger charge is 2.14. The monoisotopic (exact) mass is 344 g/mol. The van der Waals surface area contributed by atoms with Gasteiger partial charge in [-0.15, -0.1) is 0 Å². The Morgan fingerprint density at radius 2 is 1.78 bits per heavy atom. The van der Waals surface area contributed by atoms with Crippen LogP contribution in [-0.2, 0) is 19.0 Å². The Bertz CT molecular complexity index is 548. The van der Waals surface area contributed by atoms with Gasteiger partial charge in [0.15, 0.2) is 6.29 Å². The lowest BCUT2D eigenvalue weighted by Gasteiger charge is -2.23. The molecule has 1 heterocycles. The minimum atomic E-state index is -3.35. The first kappa shape index (κ1) is 18.0. The maximum absolute atomic E-state index is 10.8. The second-order valence-electron chi connectivity index (χ2n) is 5.47. The van der Waals surface area contributed by atoms with Gasteiger partial charge in [-0.25, -0.2) is 0 Å². The maximum atomic E-state index is 10.8. The second kappa shape index (κ2) is 9.10. The van der Waals surface area contributed by atoms with Crippen molar-refractivity contribution in [3.05, 3.63) is 24.3 Å². The topological polar surface area (TPSA) is 71.1 Å². The highest BCUT2D eigenvalue weighted by molar-refractivity contribution is 7.85. The number of rotatable bonds is 9. The van der Waals surface area contributed by atoms with E-state index in [1.165, 1.54) is 0 Å². The molecule has 0 radical (unpaired) electrons. The van der Waals surface area contributed by atoms with E-state index in [1.54, 1.807) is 0 Å². The molecular weight excluding hydrogens is 320 g/mol. The molecule has 1 aliphatic heterocycles. The first-order chi connectivity index (χ1) is 11.0. The molecule has 0 aliphatic carbocycles. The third-order valence-corrected chi connectivity index (χ3v) is 3.93. The van der Waals surface area contributed by atoms with Crippen LogP contribution in [0.4, 0.5) is 0 Å². The highest BCUT2D eigenvalue weighted by Crippen LogP contribution is 2.22. The van der Waals surface area contributed by atoms with Crippen LogP contribution >= 0.6 is 0 Å². The van der Waals surface area contributed by atoms with Gasteiger partial charge >= 0.3 is 0 Å². The van der Waals surface area contributed by atoms with Crippen LogP contribution in [0.5, 0.6) is 11.5 Å². The molecule has 1 unspecified atom stereocenters. The van der Waals surface area contributed by atoms with Crippen LogP contribution in [0, 0.1) is 0 Å². The van der Waals surface area contributed by atoms with E-state index in [4.69, 9.17) is 14.2 Å². The molecule has 2 rings (SSSR count). The van der Waals surface area contributed by atoms with Crippen molar-refractivity contribution in [2.45, 2.75) is 38.4 Å². The standard InChI is InChI=1S/C16H24O6S/c1-23(17,18)21-13-5-4-11-19-14-7-9-15(10-8-14)22-16-6-2-3-12-20-16/h7-10,16H,2-6,11-13H2,1H3. The third-order valence-electron chi connectivity index (χ3n) is 3.33. The summed E-state index contributed by atoms with van der Waals surface area (Å²) in [7, 11) is -3.35. The quantitative estimate of drug-likeness (QED) is 0.507. The van der Waals surface area contributed by atoms with Gasteiger partial charge in [0.1, 0.15) is 11.5 Å². The molecule has 0 spiro atoms. The summed E-state index contributed by atoms with van der Waals surface area (Å²) < 4.78 is 43.1. The molecule has 0 saturated carbocycles. The number of ether oxygens (including phenoxy) is 3. The summed E-state index contributed by atoms with van der Waals surface area (Å²) in [6.45, 7) is 1.46. The Balaban J connectivity index is 1.62. The van der Waals surface area contributed by atoms with E-state index in [0.29, 0.717) is 13.0 Å². The van der Waals surface area contributed by atoms with Crippen LogP contribution in [0.1, 0.15) is 32.1 Å². The van der Waals surface area contributed by atoms with Crippen LogP contribution in [0.3, 0.4) is 0 Å². The summed E-state index contributed by atoms with van der Waals surface area (Å²) in [6, 6.07) is 7.43. The van der Waals surface area contributed by atoms with E-state index < -0.39 is 10.1 Å². The van der Waals surface area contributed by atoms with Crippen LogP contribution in [0.15, 0.2) is 24.3 Å². The fourth-order valence-corrected chi connectivity index (χ4v) is 2.60. The zero-order valence-electron chi connectivity index (χ0n) is 13.4. The van der Waals surface area contributed by atoms with Crippen molar-refractivity contribution < 1.29 is 26.8 Å². The van der Waals surface area contributed by atoms with Crippen molar-refractivity contribution in [1.29, 1.82) is 0 Å². The minimum Gasteiger partial charge on any atom is -0.494 e. The van der Waals surface area contributed by atoms with Crippen molar-refractivity contribution in [2.75, 3.05) is 26.1 Å². The fourth-order valence-electron chi connectivity index (χ4n) is 2.17. The van der Waals surface area contributed by atoms with Gasteiger partial charge in [-0.05, 0) is 49.9 Å². The largest absolute Gasteiger partial charge is 0.494 e. The summed E-state index contributed by atoms with van der Waals surface area (Å²) in [4.78, 5) is 0. The number of hydrogen-bond donors (Lipinski definition) is 0. The van der Waals surface area contributed by atoms with Gasteiger partial charge in [-0.2, -0.15) is 8.42 Å². The summed E-state index contributed by atoms with van der Waals surface area (Å²) in [5.74, 6) is 1.52. The van der Waals surface area contributed by atoms with Crippen molar-refractivity contribution in [3.63, 3.8) is 0 Å². The lowest BCUT2D eigenvalue weighted by atomic mass is 10.2. The van der Waals surface area contributed by atoms with Gasteiger partial charge < -0.3 is 14.2 Å². The van der Waals surface area contributed by atoms with Gasteiger partial charge in [0.2, 0.25) is 0 Å². The first-order valence-corrected chi connectivity index (χ1v) is 9.70. The van der Waals surface area contributed by atoms with Crippen LogP contribution < -0.4 is 9.47 Å². The third kappa shape index (κ3) is 7.67. The van der Waals surface area contributed by atoms with E-state index in [0.717, 1.165) is 50.0 Å². The molecule has 1 fully saturated rings. The molecule has 6 nitrogen and oxygen atoms in total. The van der Waals surface area contributed by atoms with Crippen LogP contribution in [-0.4, -0.2) is 40.8 Å². The molecule has 0 N–H and O–H groups in total. The Kier molecular flexibility index (Phi) is 7.14. The highest BCUT2D eigenvalue weighted by atomic mass is 32.2. The average molecular weight is 344 g/mol. The van der Waals surface area contributed by atoms with Gasteiger partial charge in [0.05, 0.1) is 26.1 Å². The van der Waals surface area contributed by atoms with E-state index in [-0.39, 0.29) is 12.9 Å². The van der Waals surface area contributed by atoms with Crippen molar-refractivity contribution in [3.8, 4) is 11.5 Å². The zero-order valence-corrected chi connectivity index (χ0v) is 14.2. The second-order valence-corrected chi connectivity index (χ2v) is 7.11. The normalized spacial score (nSPS) is 18.6. The van der Waals surface area contributed by atoms with E-state index in [2.05, 4.69) is 4.18 Å². The first-order valence-electron chi connectivity index (χ1n) is 7.88. The summed E-state index contributed by atoms with van der Waals surface area (Å²) >= 11 is 0. The molecule has 1 atom stereocenters. The predicted octanol–water partition coefficient (Wildman–Crippen LogP) is 2.73. The molecule has 1 aromatic rings. The average Bonchev–Trinajstić information content (AvgIpc) is 2.52. The smallest absolute Gasteiger partial charge is 0.264 e. The predicted molar refractivity (Wildman–Crippen MR) is 86.2 cm³/mol. The molecule has 1 aromatic carbocycles. The molecule has 0 aromatic heterocycles. The SMILES string of the molecule is CS(=O)(=O)OCCCCOc1ccc(OC2CCCCO2)cc1. The van der Waals surface area contributed by atoms with Gasteiger partial charge in [-0.3, -0.25) is 4.18 Å². The van der Waals surface area contributed by atoms with Crippen LogP contribution in [0.2, 0.25) is 0 Å². The van der Waals surface area contributed by atoms with Gasteiger partial charge in [-0.1, -0.05) is 0 Å². The number of benzene rings is 1. The minimum absolute atomic E-state index is 0.148. The molecule has 7 heteroatoms. The lowest BCUT2D eigenvalue weighted by Crippen LogP contribution is -2.24. The Hall–Kier alpha value is -1.31. The number of hydrogen-bond acceptors (Lipinski definition) is 6. The number of unbranched alkanes of at least 4 members (excludes halogenated alkanes) is 1. The molecule has 130 valence electrons.